The summed E-state index contributed by atoms with van der Waals surface area (Å²) in [7, 11) is 0. The quantitative estimate of drug-likeness (QED) is 0.771. The summed E-state index contributed by atoms with van der Waals surface area (Å²) in [5.41, 5.74) is 0.776. The molecule has 2 atom stereocenters. The standard InChI is InChI=1S/C13H17ClO4/c1-9(15)18-7-6-12(16)13(17)8-10-4-2-3-5-11(10)14/h2-5,12-13,16-17H,6-8H2,1H3/t12?,13-/m0/s1. The van der Waals surface area contributed by atoms with Gasteiger partial charge in [-0.3, -0.25) is 4.79 Å². The molecule has 0 aliphatic heterocycles. The van der Waals surface area contributed by atoms with Gasteiger partial charge in [0.2, 0.25) is 0 Å². The SMILES string of the molecule is CC(=O)OCCC(O)[C@@H](O)Cc1ccccc1Cl. The van der Waals surface area contributed by atoms with Crippen LogP contribution in [0.15, 0.2) is 24.3 Å². The Balaban J connectivity index is 2.42. The van der Waals surface area contributed by atoms with Crippen molar-refractivity contribution in [2.45, 2.75) is 32.0 Å². The van der Waals surface area contributed by atoms with E-state index >= 15 is 0 Å². The maximum absolute atomic E-state index is 10.5. The Hall–Kier alpha value is -1.10. The first-order valence-corrected chi connectivity index (χ1v) is 6.11. The molecule has 0 amide bonds. The Morgan fingerprint density at radius 3 is 2.61 bits per heavy atom. The number of halogens is 1. The predicted molar refractivity (Wildman–Crippen MR) is 68.4 cm³/mol. The van der Waals surface area contributed by atoms with Gasteiger partial charge in [0.05, 0.1) is 18.8 Å². The molecular weight excluding hydrogens is 256 g/mol. The van der Waals surface area contributed by atoms with E-state index in [0.717, 1.165) is 5.56 Å². The molecule has 18 heavy (non-hydrogen) atoms. The third-order valence-corrected chi connectivity index (χ3v) is 2.92. The minimum absolute atomic E-state index is 0.0933. The van der Waals surface area contributed by atoms with Gasteiger partial charge in [-0.05, 0) is 11.6 Å². The third-order valence-electron chi connectivity index (χ3n) is 2.55. The number of esters is 1. The predicted octanol–water partition coefficient (Wildman–Crippen LogP) is 1.56. The number of carbonyl (C=O) groups is 1. The Labute approximate surface area is 111 Å². The van der Waals surface area contributed by atoms with Crippen LogP contribution < -0.4 is 0 Å². The average molecular weight is 273 g/mol. The minimum Gasteiger partial charge on any atom is -0.466 e. The number of rotatable bonds is 6. The van der Waals surface area contributed by atoms with E-state index in [-0.39, 0.29) is 19.4 Å². The van der Waals surface area contributed by atoms with E-state index in [0.29, 0.717) is 5.02 Å². The van der Waals surface area contributed by atoms with Crippen LogP contribution in [0.3, 0.4) is 0 Å². The fourth-order valence-electron chi connectivity index (χ4n) is 1.54. The maximum atomic E-state index is 10.5. The molecule has 0 fully saturated rings. The number of benzene rings is 1. The van der Waals surface area contributed by atoms with Crippen molar-refractivity contribution in [3.8, 4) is 0 Å². The molecule has 0 radical (unpaired) electrons. The Bertz CT molecular complexity index is 394. The molecule has 0 spiro atoms. The van der Waals surface area contributed by atoms with Crippen molar-refractivity contribution in [2.75, 3.05) is 6.61 Å². The molecule has 2 N–H and O–H groups in total. The van der Waals surface area contributed by atoms with Gasteiger partial charge < -0.3 is 14.9 Å². The Kier molecular flexibility index (Phi) is 6.12. The van der Waals surface area contributed by atoms with Crippen molar-refractivity contribution >= 4 is 17.6 Å². The largest absolute Gasteiger partial charge is 0.466 e. The Morgan fingerprint density at radius 2 is 2.00 bits per heavy atom. The summed E-state index contributed by atoms with van der Waals surface area (Å²) >= 11 is 5.96. The number of carbonyl (C=O) groups excluding carboxylic acids is 1. The van der Waals surface area contributed by atoms with Crippen molar-refractivity contribution in [3.63, 3.8) is 0 Å². The highest BCUT2D eigenvalue weighted by molar-refractivity contribution is 6.31. The highest BCUT2D eigenvalue weighted by Crippen LogP contribution is 2.18. The zero-order valence-corrected chi connectivity index (χ0v) is 10.9. The van der Waals surface area contributed by atoms with Crippen LogP contribution in [0.1, 0.15) is 18.9 Å². The molecule has 0 aromatic heterocycles. The van der Waals surface area contributed by atoms with Gasteiger partial charge in [-0.25, -0.2) is 0 Å². The molecule has 0 heterocycles. The van der Waals surface area contributed by atoms with Crippen LogP contribution in [-0.4, -0.2) is 35.0 Å². The van der Waals surface area contributed by atoms with Gasteiger partial charge in [0.1, 0.15) is 0 Å². The average Bonchev–Trinajstić information content (AvgIpc) is 2.31. The van der Waals surface area contributed by atoms with Gasteiger partial charge in [0, 0.05) is 24.8 Å². The van der Waals surface area contributed by atoms with Crippen molar-refractivity contribution in [2.24, 2.45) is 0 Å². The lowest BCUT2D eigenvalue weighted by Gasteiger charge is -2.18. The second-order valence-corrected chi connectivity index (χ2v) is 4.47. The van der Waals surface area contributed by atoms with Crippen LogP contribution in [0, 0.1) is 0 Å². The summed E-state index contributed by atoms with van der Waals surface area (Å²) in [6, 6.07) is 7.15. The monoisotopic (exact) mass is 272 g/mol. The van der Waals surface area contributed by atoms with Crippen molar-refractivity contribution in [1.29, 1.82) is 0 Å². The van der Waals surface area contributed by atoms with Gasteiger partial charge in [0.15, 0.2) is 0 Å². The first-order chi connectivity index (χ1) is 8.50. The van der Waals surface area contributed by atoms with E-state index < -0.39 is 18.2 Å². The zero-order valence-electron chi connectivity index (χ0n) is 10.2. The summed E-state index contributed by atoms with van der Waals surface area (Å²) < 4.78 is 4.70. The van der Waals surface area contributed by atoms with E-state index in [1.54, 1.807) is 18.2 Å². The van der Waals surface area contributed by atoms with E-state index in [4.69, 9.17) is 16.3 Å². The fourth-order valence-corrected chi connectivity index (χ4v) is 1.75. The lowest BCUT2D eigenvalue weighted by molar-refractivity contribution is -0.142. The lowest BCUT2D eigenvalue weighted by Crippen LogP contribution is -2.29. The second-order valence-electron chi connectivity index (χ2n) is 4.06. The Morgan fingerprint density at radius 1 is 1.33 bits per heavy atom. The van der Waals surface area contributed by atoms with Gasteiger partial charge in [-0.1, -0.05) is 29.8 Å². The number of hydrogen-bond donors (Lipinski definition) is 2. The fraction of sp³-hybridized carbons (Fsp3) is 0.462. The molecular formula is C13H17ClO4. The summed E-state index contributed by atoms with van der Waals surface area (Å²) in [6.45, 7) is 1.39. The molecule has 1 rings (SSSR count). The smallest absolute Gasteiger partial charge is 0.302 e. The summed E-state index contributed by atoms with van der Waals surface area (Å²) in [6.07, 6.45) is -1.41. The molecule has 0 bridgehead atoms. The number of ether oxygens (including phenoxy) is 1. The number of aliphatic hydroxyl groups excluding tert-OH is 2. The van der Waals surface area contributed by atoms with Crippen molar-refractivity contribution in [1.82, 2.24) is 0 Å². The van der Waals surface area contributed by atoms with E-state index in [1.807, 2.05) is 6.07 Å². The first-order valence-electron chi connectivity index (χ1n) is 5.73. The van der Waals surface area contributed by atoms with Gasteiger partial charge in [0.25, 0.3) is 0 Å². The molecule has 1 aromatic carbocycles. The van der Waals surface area contributed by atoms with Crippen molar-refractivity contribution < 1.29 is 19.7 Å². The summed E-state index contributed by atoms with van der Waals surface area (Å²) in [5.74, 6) is -0.400. The molecule has 5 heteroatoms. The summed E-state index contributed by atoms with van der Waals surface area (Å²) in [5, 5.41) is 20.1. The summed E-state index contributed by atoms with van der Waals surface area (Å²) in [4.78, 5) is 10.5. The minimum atomic E-state index is -0.944. The lowest BCUT2D eigenvalue weighted by atomic mass is 10.0. The number of hydrogen-bond acceptors (Lipinski definition) is 4. The van der Waals surface area contributed by atoms with Crippen LogP contribution in [0.2, 0.25) is 5.02 Å². The highest BCUT2D eigenvalue weighted by atomic mass is 35.5. The van der Waals surface area contributed by atoms with E-state index in [1.165, 1.54) is 6.92 Å². The third kappa shape index (κ3) is 5.04. The molecule has 0 saturated heterocycles. The van der Waals surface area contributed by atoms with Crippen LogP contribution in [0.4, 0.5) is 0 Å². The molecule has 4 nitrogen and oxygen atoms in total. The van der Waals surface area contributed by atoms with Gasteiger partial charge >= 0.3 is 5.97 Å². The van der Waals surface area contributed by atoms with Crippen LogP contribution in [-0.2, 0) is 16.0 Å². The molecule has 1 aromatic rings. The van der Waals surface area contributed by atoms with Crippen LogP contribution in [0.5, 0.6) is 0 Å². The molecule has 0 saturated carbocycles. The van der Waals surface area contributed by atoms with Gasteiger partial charge in [-0.2, -0.15) is 0 Å². The zero-order chi connectivity index (χ0) is 13.5. The number of aliphatic hydroxyl groups is 2. The van der Waals surface area contributed by atoms with Crippen LogP contribution >= 0.6 is 11.6 Å². The molecule has 0 aliphatic carbocycles. The van der Waals surface area contributed by atoms with E-state index in [2.05, 4.69) is 0 Å². The maximum Gasteiger partial charge on any atom is 0.302 e. The molecule has 100 valence electrons. The highest BCUT2D eigenvalue weighted by Gasteiger charge is 2.18. The molecule has 0 aliphatic rings. The van der Waals surface area contributed by atoms with Crippen molar-refractivity contribution in [3.05, 3.63) is 34.9 Å². The normalized spacial score (nSPS) is 14.0. The van der Waals surface area contributed by atoms with Gasteiger partial charge in [-0.15, -0.1) is 0 Å². The topological polar surface area (TPSA) is 66.8 Å². The molecule has 1 unspecified atom stereocenters. The first kappa shape index (κ1) is 15.0. The second kappa shape index (κ2) is 7.36. The van der Waals surface area contributed by atoms with Crippen LogP contribution in [0.25, 0.3) is 0 Å². The van der Waals surface area contributed by atoms with E-state index in [9.17, 15) is 15.0 Å².